The molecule has 0 atom stereocenters. The molecule has 0 unspecified atom stereocenters. The Labute approximate surface area is 225 Å². The Morgan fingerprint density at radius 1 is 1.03 bits per heavy atom. The third-order valence-electron chi connectivity index (χ3n) is 6.81. The van der Waals surface area contributed by atoms with Gasteiger partial charge in [-0.25, -0.2) is 0 Å². The number of nitrogens with one attached hydrogen (secondary N) is 1. The first kappa shape index (κ1) is 25.9. The molecule has 2 aliphatic rings. The first-order chi connectivity index (χ1) is 18.5. The van der Waals surface area contributed by atoms with E-state index in [1.807, 2.05) is 53.9 Å². The van der Waals surface area contributed by atoms with Gasteiger partial charge in [0, 0.05) is 32.1 Å². The van der Waals surface area contributed by atoms with Crippen LogP contribution in [-0.4, -0.2) is 60.6 Å². The van der Waals surface area contributed by atoms with Gasteiger partial charge < -0.3 is 25.0 Å². The van der Waals surface area contributed by atoms with E-state index >= 15 is 0 Å². The first-order valence-corrected chi connectivity index (χ1v) is 13.8. The Hall–Kier alpha value is -3.69. The zero-order valence-corrected chi connectivity index (χ0v) is 21.9. The number of nitrogens with zero attached hydrogens (tertiary/aromatic N) is 2. The summed E-state index contributed by atoms with van der Waals surface area (Å²) >= 11 is 1.40. The fraction of sp³-hybridized carbons (Fsp3) is 0.345. The molecule has 2 fully saturated rings. The van der Waals surface area contributed by atoms with Crippen LogP contribution in [0, 0.1) is 5.92 Å². The van der Waals surface area contributed by atoms with E-state index in [-0.39, 0.29) is 30.7 Å². The Balaban J connectivity index is 1.41. The molecule has 1 aromatic heterocycles. The van der Waals surface area contributed by atoms with E-state index in [4.69, 9.17) is 9.84 Å². The predicted octanol–water partition coefficient (Wildman–Crippen LogP) is 4.72. The maximum absolute atomic E-state index is 12.9. The molecule has 1 saturated carbocycles. The van der Waals surface area contributed by atoms with Crippen LogP contribution in [-0.2, 0) is 20.9 Å². The number of morpholine rings is 1. The maximum atomic E-state index is 12.9. The highest BCUT2D eigenvalue weighted by Crippen LogP contribution is 2.34. The summed E-state index contributed by atoms with van der Waals surface area (Å²) in [5.74, 6) is -1.00. The molecule has 0 radical (unpaired) electrons. The Morgan fingerprint density at radius 3 is 2.53 bits per heavy atom. The van der Waals surface area contributed by atoms with Gasteiger partial charge in [-0.1, -0.05) is 30.3 Å². The van der Waals surface area contributed by atoms with Crippen molar-refractivity contribution in [1.82, 2.24) is 4.90 Å². The molecule has 1 saturated heterocycles. The van der Waals surface area contributed by atoms with Gasteiger partial charge in [0.05, 0.1) is 35.9 Å². The molecule has 0 bridgehead atoms. The number of carbonyl (C=O) groups excluding carboxylic acids is 2. The lowest BCUT2D eigenvalue weighted by Crippen LogP contribution is -2.36. The Bertz CT molecular complexity index is 1300. The number of anilines is 2. The molecule has 3 aromatic rings. The van der Waals surface area contributed by atoms with E-state index in [1.165, 1.54) is 11.3 Å². The van der Waals surface area contributed by atoms with E-state index in [2.05, 4.69) is 10.2 Å². The third kappa shape index (κ3) is 6.41. The molecular formula is C29H31N3O5S. The number of carbonyl (C=O) groups is 3. The predicted molar refractivity (Wildman–Crippen MR) is 148 cm³/mol. The standard InChI is InChI=1S/C29H31N3O5S/c33-27(34)10-11-32(29(36)21-6-7-21)19-20-3-1-4-22(17-20)23-8-9-25(31-12-14-37-15-13-31)24(18-23)30-28(35)26-5-2-16-38-26/h1-5,8-9,16-18,21H,6-7,10-15,19H2,(H,30,35)(H,33,34). The van der Waals surface area contributed by atoms with Crippen molar-refractivity contribution in [3.63, 3.8) is 0 Å². The zero-order chi connectivity index (χ0) is 26.5. The van der Waals surface area contributed by atoms with Gasteiger partial charge in [-0.05, 0) is 59.2 Å². The second-order valence-electron chi connectivity index (χ2n) is 9.64. The fourth-order valence-electron chi connectivity index (χ4n) is 4.64. The third-order valence-corrected chi connectivity index (χ3v) is 7.68. The highest BCUT2D eigenvalue weighted by Gasteiger charge is 2.33. The van der Waals surface area contributed by atoms with Crippen molar-refractivity contribution in [3.8, 4) is 11.1 Å². The van der Waals surface area contributed by atoms with E-state index in [0.717, 1.165) is 54.0 Å². The number of thiophene rings is 1. The smallest absolute Gasteiger partial charge is 0.305 e. The largest absolute Gasteiger partial charge is 0.481 e. The van der Waals surface area contributed by atoms with Crippen molar-refractivity contribution >= 4 is 40.5 Å². The molecule has 1 aliphatic carbocycles. The van der Waals surface area contributed by atoms with Crippen molar-refractivity contribution in [1.29, 1.82) is 0 Å². The van der Waals surface area contributed by atoms with E-state index in [0.29, 0.717) is 24.6 Å². The van der Waals surface area contributed by atoms with Crippen LogP contribution in [0.2, 0.25) is 0 Å². The molecule has 2 heterocycles. The SMILES string of the molecule is O=C(O)CCN(Cc1cccc(-c2ccc(N3CCOCC3)c(NC(=O)c3cccs3)c2)c1)C(=O)C1CC1. The second kappa shape index (κ2) is 11.8. The lowest BCUT2D eigenvalue weighted by Gasteiger charge is -2.31. The fourth-order valence-corrected chi connectivity index (χ4v) is 5.26. The molecule has 38 heavy (non-hydrogen) atoms. The maximum Gasteiger partial charge on any atom is 0.305 e. The van der Waals surface area contributed by atoms with Crippen molar-refractivity contribution in [2.24, 2.45) is 5.92 Å². The minimum atomic E-state index is -0.912. The molecule has 8 nitrogen and oxygen atoms in total. The van der Waals surface area contributed by atoms with Crippen LogP contribution in [0.25, 0.3) is 11.1 Å². The number of carboxylic acid groups (broad SMARTS) is 1. The summed E-state index contributed by atoms with van der Waals surface area (Å²) < 4.78 is 5.52. The lowest BCUT2D eigenvalue weighted by atomic mass is 10.0. The van der Waals surface area contributed by atoms with Crippen LogP contribution >= 0.6 is 11.3 Å². The van der Waals surface area contributed by atoms with Gasteiger partial charge in [0.15, 0.2) is 0 Å². The summed E-state index contributed by atoms with van der Waals surface area (Å²) in [6, 6.07) is 17.7. The van der Waals surface area contributed by atoms with Crippen LogP contribution in [0.1, 0.15) is 34.5 Å². The monoisotopic (exact) mass is 533 g/mol. The number of ether oxygens (including phenoxy) is 1. The number of carboxylic acids is 1. The number of amides is 2. The van der Waals surface area contributed by atoms with Crippen LogP contribution in [0.3, 0.4) is 0 Å². The molecule has 198 valence electrons. The second-order valence-corrected chi connectivity index (χ2v) is 10.6. The van der Waals surface area contributed by atoms with E-state index in [9.17, 15) is 14.4 Å². The van der Waals surface area contributed by atoms with Gasteiger partial charge in [0.25, 0.3) is 5.91 Å². The van der Waals surface area contributed by atoms with E-state index in [1.54, 1.807) is 11.0 Å². The molecule has 2 aromatic carbocycles. The minimum Gasteiger partial charge on any atom is -0.481 e. The first-order valence-electron chi connectivity index (χ1n) is 12.9. The van der Waals surface area contributed by atoms with Crippen LogP contribution in [0.15, 0.2) is 60.0 Å². The molecule has 0 spiro atoms. The van der Waals surface area contributed by atoms with Crippen molar-refractivity contribution in [2.75, 3.05) is 43.1 Å². The summed E-state index contributed by atoms with van der Waals surface area (Å²) in [5.41, 5.74) is 4.52. The molecule has 9 heteroatoms. The number of hydrogen-bond acceptors (Lipinski definition) is 6. The number of aliphatic carboxylic acids is 1. The Morgan fingerprint density at radius 2 is 1.82 bits per heavy atom. The van der Waals surface area contributed by atoms with E-state index < -0.39 is 5.97 Å². The van der Waals surface area contributed by atoms with Gasteiger partial charge in [-0.3, -0.25) is 14.4 Å². The minimum absolute atomic E-state index is 0.0224. The van der Waals surface area contributed by atoms with Crippen molar-refractivity contribution < 1.29 is 24.2 Å². The summed E-state index contributed by atoms with van der Waals surface area (Å²) in [7, 11) is 0. The average molecular weight is 534 g/mol. The highest BCUT2D eigenvalue weighted by molar-refractivity contribution is 7.12. The number of benzene rings is 2. The number of hydrogen-bond donors (Lipinski definition) is 2. The summed E-state index contributed by atoms with van der Waals surface area (Å²) in [5, 5.41) is 14.1. The van der Waals surface area contributed by atoms with Gasteiger partial charge >= 0.3 is 5.97 Å². The van der Waals surface area contributed by atoms with Crippen molar-refractivity contribution in [3.05, 3.63) is 70.4 Å². The lowest BCUT2D eigenvalue weighted by molar-refractivity contribution is -0.139. The average Bonchev–Trinajstić information content (AvgIpc) is 3.64. The van der Waals surface area contributed by atoms with Crippen LogP contribution in [0.5, 0.6) is 0 Å². The van der Waals surface area contributed by atoms with Gasteiger partial charge in [0.2, 0.25) is 5.91 Å². The quantitative estimate of drug-likeness (QED) is 0.391. The molecular weight excluding hydrogens is 502 g/mol. The van der Waals surface area contributed by atoms with Gasteiger partial charge in [-0.15, -0.1) is 11.3 Å². The van der Waals surface area contributed by atoms with Crippen LogP contribution in [0.4, 0.5) is 11.4 Å². The topological polar surface area (TPSA) is 99.2 Å². The van der Waals surface area contributed by atoms with Crippen molar-refractivity contribution in [2.45, 2.75) is 25.8 Å². The number of rotatable bonds is 10. The normalized spacial score (nSPS) is 15.2. The molecule has 1 aliphatic heterocycles. The van der Waals surface area contributed by atoms with Gasteiger partial charge in [-0.2, -0.15) is 0 Å². The summed E-state index contributed by atoms with van der Waals surface area (Å²) in [6.45, 7) is 3.34. The molecule has 5 rings (SSSR count). The van der Waals surface area contributed by atoms with Crippen LogP contribution < -0.4 is 10.2 Å². The molecule has 2 N–H and O–H groups in total. The molecule has 2 amide bonds. The Kier molecular flexibility index (Phi) is 8.05. The summed E-state index contributed by atoms with van der Waals surface area (Å²) in [4.78, 5) is 41.4. The highest BCUT2D eigenvalue weighted by atomic mass is 32.1. The zero-order valence-electron chi connectivity index (χ0n) is 21.1. The summed E-state index contributed by atoms with van der Waals surface area (Å²) in [6.07, 6.45) is 1.67. The van der Waals surface area contributed by atoms with Gasteiger partial charge in [0.1, 0.15) is 0 Å².